The number of aromatic nitrogens is 6. The van der Waals surface area contributed by atoms with Gasteiger partial charge in [-0.05, 0) is 44.9 Å². The summed E-state index contributed by atoms with van der Waals surface area (Å²) in [6, 6.07) is 4.26. The minimum absolute atomic E-state index is 0.217. The van der Waals surface area contributed by atoms with Crippen molar-refractivity contribution in [2.45, 2.75) is 51.7 Å². The van der Waals surface area contributed by atoms with Gasteiger partial charge in [-0.2, -0.15) is 0 Å². The number of aliphatic hydroxyl groups excluding tert-OH is 2. The molecule has 7 heterocycles. The fraction of sp³-hybridized carbons (Fsp3) is 0.476. The zero-order valence-corrected chi connectivity index (χ0v) is 34.7. The van der Waals surface area contributed by atoms with Crippen LogP contribution in [0.5, 0.6) is 0 Å². The van der Waals surface area contributed by atoms with E-state index < -0.39 is 0 Å². The number of allylic oxidation sites excluding steroid dienone is 2. The van der Waals surface area contributed by atoms with E-state index in [1.54, 1.807) is 12.4 Å². The summed E-state index contributed by atoms with van der Waals surface area (Å²) in [7, 11) is -0.318. The van der Waals surface area contributed by atoms with Crippen LogP contribution >= 0.6 is 11.6 Å². The molecule has 2 N–H and O–H groups in total. The van der Waals surface area contributed by atoms with E-state index in [0.29, 0.717) is 5.15 Å². The molecule has 0 amide bonds. The lowest BCUT2D eigenvalue weighted by Gasteiger charge is -2.34. The van der Waals surface area contributed by atoms with Crippen molar-refractivity contribution < 1.29 is 19.5 Å². The van der Waals surface area contributed by atoms with E-state index in [9.17, 15) is 0 Å². The number of fused-ring (bicyclic) bond motifs is 2. The molecule has 3 aliphatic heterocycles. The number of hydrogen-bond acceptors (Lipinski definition) is 14. The summed E-state index contributed by atoms with van der Waals surface area (Å²) in [6.45, 7) is 17.5. The summed E-state index contributed by atoms with van der Waals surface area (Å²) in [5.74, 6) is 1.74. The number of hydrogen-bond donors (Lipinski definition) is 2. The van der Waals surface area contributed by atoms with Crippen LogP contribution in [0.3, 0.4) is 0 Å². The molecule has 3 saturated heterocycles. The lowest BCUT2D eigenvalue weighted by Crippen LogP contribution is -2.47. The molecule has 3 fully saturated rings. The van der Waals surface area contributed by atoms with Crippen LogP contribution in [0.4, 0.5) is 11.6 Å². The van der Waals surface area contributed by atoms with E-state index >= 15 is 0 Å². The number of β-amino-alcohol motifs (C(OH)–C–C–N with tert-alkyl or cyclic N) is 2. The van der Waals surface area contributed by atoms with E-state index in [1.165, 1.54) is 17.3 Å². The molecule has 4 aromatic heterocycles. The largest absolute Gasteiger partial charge is 0.496 e. The molecule has 16 heteroatoms. The average Bonchev–Trinajstić information content (AvgIpc) is 3.96. The highest BCUT2D eigenvalue weighted by Gasteiger charge is 2.52. The van der Waals surface area contributed by atoms with Gasteiger partial charge in [-0.1, -0.05) is 42.0 Å². The van der Waals surface area contributed by atoms with Crippen LogP contribution in [0, 0.1) is 0 Å². The summed E-state index contributed by atoms with van der Waals surface area (Å²) in [6.07, 6.45) is 21.0. The van der Waals surface area contributed by atoms with Crippen molar-refractivity contribution in [2.75, 3.05) is 88.5 Å². The summed E-state index contributed by atoms with van der Waals surface area (Å²) < 4.78 is 12.0. The number of halogens is 1. The van der Waals surface area contributed by atoms with E-state index in [0.717, 1.165) is 118 Å². The minimum atomic E-state index is -0.318. The van der Waals surface area contributed by atoms with E-state index in [4.69, 9.17) is 36.1 Å². The third kappa shape index (κ3) is 10.1. The van der Waals surface area contributed by atoms with Crippen LogP contribution in [-0.4, -0.2) is 147 Å². The van der Waals surface area contributed by atoms with Gasteiger partial charge in [0.05, 0.1) is 66.3 Å². The highest BCUT2D eigenvalue weighted by molar-refractivity contribution is 6.62. The Balaban J connectivity index is 0.000000136. The molecule has 4 aromatic rings. The molecule has 0 atom stereocenters. The minimum Gasteiger partial charge on any atom is -0.399 e. The number of nitrogens with zero attached hydrogens (tertiary/aromatic N) is 10. The number of aliphatic hydroxyl groups is 2. The average molecular weight is 809 g/mol. The zero-order valence-electron chi connectivity index (χ0n) is 34.0. The summed E-state index contributed by atoms with van der Waals surface area (Å²) in [5, 5.41) is 18.3. The van der Waals surface area contributed by atoms with Crippen molar-refractivity contribution in [1.82, 2.24) is 39.7 Å². The lowest BCUT2D eigenvalue weighted by molar-refractivity contribution is 0.00578. The predicted octanol–water partition coefficient (Wildman–Crippen LogP) is 3.42. The first-order chi connectivity index (χ1) is 28.0. The van der Waals surface area contributed by atoms with Gasteiger partial charge in [0, 0.05) is 102 Å². The van der Waals surface area contributed by atoms with Crippen LogP contribution in [0.15, 0.2) is 61.5 Å². The third-order valence-electron chi connectivity index (χ3n) is 11.5. The molecular weight excluding hydrogens is 755 g/mol. The molecule has 2 aliphatic carbocycles. The van der Waals surface area contributed by atoms with E-state index in [-0.39, 0.29) is 31.5 Å². The van der Waals surface area contributed by atoms with Gasteiger partial charge < -0.3 is 29.3 Å². The lowest BCUT2D eigenvalue weighted by atomic mass is 9.79. The number of piperazine rings is 2. The first kappa shape index (κ1) is 41.8. The highest BCUT2D eigenvalue weighted by atomic mass is 35.5. The van der Waals surface area contributed by atoms with E-state index in [1.807, 2.05) is 18.6 Å². The van der Waals surface area contributed by atoms with Gasteiger partial charge in [-0.15, -0.1) is 0 Å². The molecular formula is C42H54BClN10O4. The van der Waals surface area contributed by atoms with Crippen LogP contribution in [0.2, 0.25) is 5.15 Å². The molecule has 306 valence electrons. The Morgan fingerprint density at radius 3 is 1.72 bits per heavy atom. The van der Waals surface area contributed by atoms with Crippen LogP contribution in [0.25, 0.3) is 23.4 Å². The predicted molar refractivity (Wildman–Crippen MR) is 229 cm³/mol. The summed E-state index contributed by atoms with van der Waals surface area (Å²) in [5.41, 5.74) is 6.89. The SMILES string of the molecule is CC1(C)OB(c2cnc3c(c2)C=CC3)OC1(C)C.OCCN1CCN(c2cncc(-c3cnc4c(c3)C=CC4)n2)CC1.OCCN1CCN(c2cncc(Cl)n2)CC1. The van der Waals surface area contributed by atoms with Crippen LogP contribution < -0.4 is 15.3 Å². The molecule has 0 spiro atoms. The summed E-state index contributed by atoms with van der Waals surface area (Å²) in [4.78, 5) is 35.4. The second-order valence-electron chi connectivity index (χ2n) is 15.9. The maximum atomic E-state index is 9.04. The molecule has 5 aliphatic rings. The first-order valence-electron chi connectivity index (χ1n) is 20.1. The molecule has 58 heavy (non-hydrogen) atoms. The second-order valence-corrected chi connectivity index (χ2v) is 16.3. The normalized spacial score (nSPS) is 19.3. The van der Waals surface area contributed by atoms with Gasteiger partial charge in [0.15, 0.2) is 0 Å². The van der Waals surface area contributed by atoms with Crippen molar-refractivity contribution in [1.29, 1.82) is 0 Å². The van der Waals surface area contributed by atoms with Crippen LogP contribution in [0.1, 0.15) is 50.2 Å². The Bertz CT molecular complexity index is 2060. The van der Waals surface area contributed by atoms with Gasteiger partial charge in [0.1, 0.15) is 16.8 Å². The molecule has 9 rings (SSSR count). The Kier molecular flexibility index (Phi) is 13.5. The number of rotatable bonds is 8. The molecule has 0 saturated carbocycles. The van der Waals surface area contributed by atoms with Crippen molar-refractivity contribution in [3.63, 3.8) is 0 Å². The van der Waals surface area contributed by atoms with Gasteiger partial charge in [-0.3, -0.25) is 29.7 Å². The Hall–Kier alpha value is -4.35. The first-order valence-corrected chi connectivity index (χ1v) is 20.5. The Morgan fingerprint density at radius 2 is 1.17 bits per heavy atom. The van der Waals surface area contributed by atoms with Gasteiger partial charge in [0.2, 0.25) is 0 Å². The van der Waals surface area contributed by atoms with Crippen LogP contribution in [-0.2, 0) is 22.2 Å². The quantitative estimate of drug-likeness (QED) is 0.251. The number of anilines is 2. The van der Waals surface area contributed by atoms with Crippen molar-refractivity contribution in [2.24, 2.45) is 0 Å². The molecule has 0 unspecified atom stereocenters. The molecule has 0 bridgehead atoms. The smallest absolute Gasteiger partial charge is 0.399 e. The maximum absolute atomic E-state index is 9.04. The zero-order chi connectivity index (χ0) is 40.7. The van der Waals surface area contributed by atoms with Gasteiger partial charge in [0.25, 0.3) is 0 Å². The molecule has 14 nitrogen and oxygen atoms in total. The standard InChI is InChI=1S/C18H21N5O.C14H18BNO2.C10H15ClN4O/c24-9-8-22-4-6-23(7-5-22)18-13-19-12-17(21-18)15-10-14-2-1-3-16(14)20-11-15;1-13(2)14(3,4)18-15(17-13)11-8-10-6-5-7-12(10)16-9-11;11-9-7-12-8-10(13-9)15-3-1-14(2-4-15)5-6-16/h1-2,10-13,24H,3-9H2;5-6,8-9H,7H2,1-4H3;7-8,16H,1-6H2. The maximum Gasteiger partial charge on any atom is 0.496 e. The molecule has 0 aromatic carbocycles. The van der Waals surface area contributed by atoms with Gasteiger partial charge in [-0.25, -0.2) is 9.97 Å². The highest BCUT2D eigenvalue weighted by Crippen LogP contribution is 2.36. The van der Waals surface area contributed by atoms with Crippen molar-refractivity contribution in [3.8, 4) is 11.3 Å². The third-order valence-corrected chi connectivity index (χ3v) is 11.7. The van der Waals surface area contributed by atoms with Crippen molar-refractivity contribution in [3.05, 3.63) is 89.1 Å². The fourth-order valence-electron chi connectivity index (χ4n) is 7.33. The van der Waals surface area contributed by atoms with Crippen molar-refractivity contribution >= 4 is 48.0 Å². The van der Waals surface area contributed by atoms with Gasteiger partial charge >= 0.3 is 7.12 Å². The molecule has 0 radical (unpaired) electrons. The Labute approximate surface area is 346 Å². The van der Waals surface area contributed by atoms with E-state index in [2.05, 4.69) is 109 Å². The summed E-state index contributed by atoms with van der Waals surface area (Å²) >= 11 is 5.80. The fourth-order valence-corrected chi connectivity index (χ4v) is 7.47. The Morgan fingerprint density at radius 1 is 0.655 bits per heavy atom. The monoisotopic (exact) mass is 808 g/mol. The second kappa shape index (κ2) is 18.7. The number of pyridine rings is 2. The topological polar surface area (TPSA) is 149 Å².